The Morgan fingerprint density at radius 2 is 2.31 bits per heavy atom. The van der Waals surface area contributed by atoms with Crippen molar-refractivity contribution in [3.63, 3.8) is 0 Å². The van der Waals surface area contributed by atoms with E-state index >= 15 is 0 Å². The number of nitrogens with one attached hydrogen (secondary N) is 1. The second kappa shape index (κ2) is 4.82. The van der Waals surface area contributed by atoms with E-state index in [0.29, 0.717) is 19.0 Å². The summed E-state index contributed by atoms with van der Waals surface area (Å²) in [5.74, 6) is 0.197. The fourth-order valence-electron chi connectivity index (χ4n) is 2.24. The second-order valence-corrected chi connectivity index (χ2v) is 4.48. The summed E-state index contributed by atoms with van der Waals surface area (Å²) in [4.78, 5) is 25.1. The standard InChI is InChI=1S/C11H18N2O3/c1-16-11(15)10(8-3-4-8)13-6-2-5-12-9(14)7-13/h8,10H,2-7H2,1H3,(H,12,14). The predicted octanol–water partition coefficient (Wildman–Crippen LogP) is -0.240. The molecule has 1 atom stereocenters. The Labute approximate surface area is 95.1 Å². The van der Waals surface area contributed by atoms with Crippen LogP contribution in [-0.4, -0.2) is 49.6 Å². The van der Waals surface area contributed by atoms with Crippen LogP contribution in [0, 0.1) is 5.92 Å². The summed E-state index contributed by atoms with van der Waals surface area (Å²) in [6, 6.07) is -0.214. The van der Waals surface area contributed by atoms with Crippen LogP contribution in [0.1, 0.15) is 19.3 Å². The molecule has 1 saturated carbocycles. The van der Waals surface area contributed by atoms with E-state index in [1.807, 2.05) is 4.90 Å². The van der Waals surface area contributed by atoms with Crippen LogP contribution in [0.25, 0.3) is 0 Å². The monoisotopic (exact) mass is 226 g/mol. The Kier molecular flexibility index (Phi) is 3.43. The molecule has 5 heteroatoms. The molecule has 5 nitrogen and oxygen atoms in total. The molecule has 1 aliphatic heterocycles. The average Bonchev–Trinajstić information content (AvgIpc) is 3.07. The average molecular weight is 226 g/mol. The topological polar surface area (TPSA) is 58.6 Å². The quantitative estimate of drug-likeness (QED) is 0.675. The number of rotatable bonds is 3. The number of carbonyl (C=O) groups is 2. The van der Waals surface area contributed by atoms with Crippen molar-refractivity contribution in [3.8, 4) is 0 Å². The maximum Gasteiger partial charge on any atom is 0.323 e. The predicted molar refractivity (Wildman–Crippen MR) is 57.7 cm³/mol. The van der Waals surface area contributed by atoms with Gasteiger partial charge in [-0.15, -0.1) is 0 Å². The van der Waals surface area contributed by atoms with E-state index in [1.165, 1.54) is 7.11 Å². The minimum Gasteiger partial charge on any atom is -0.468 e. The number of carbonyl (C=O) groups excluding carboxylic acids is 2. The number of amides is 1. The SMILES string of the molecule is COC(=O)C(C1CC1)N1CCCNC(=O)C1. The zero-order chi connectivity index (χ0) is 11.5. The normalized spacial score (nSPS) is 24.4. The van der Waals surface area contributed by atoms with Gasteiger partial charge in [0.2, 0.25) is 5.91 Å². The summed E-state index contributed by atoms with van der Waals surface area (Å²) in [5, 5.41) is 2.81. The highest BCUT2D eigenvalue weighted by atomic mass is 16.5. The number of nitrogens with zero attached hydrogens (tertiary/aromatic N) is 1. The number of methoxy groups -OCH3 is 1. The van der Waals surface area contributed by atoms with Crippen molar-refractivity contribution in [2.75, 3.05) is 26.7 Å². The van der Waals surface area contributed by atoms with Crippen LogP contribution in [0.2, 0.25) is 0 Å². The fourth-order valence-corrected chi connectivity index (χ4v) is 2.24. The van der Waals surface area contributed by atoms with Crippen LogP contribution in [-0.2, 0) is 14.3 Å². The van der Waals surface area contributed by atoms with Crippen molar-refractivity contribution < 1.29 is 14.3 Å². The van der Waals surface area contributed by atoms with Crippen LogP contribution < -0.4 is 5.32 Å². The summed E-state index contributed by atoms with van der Waals surface area (Å²) in [7, 11) is 1.41. The van der Waals surface area contributed by atoms with Gasteiger partial charge in [-0.3, -0.25) is 14.5 Å². The highest BCUT2D eigenvalue weighted by Gasteiger charge is 2.41. The van der Waals surface area contributed by atoms with Crippen molar-refractivity contribution in [1.82, 2.24) is 10.2 Å². The number of hydrogen-bond acceptors (Lipinski definition) is 4. The smallest absolute Gasteiger partial charge is 0.323 e. The Morgan fingerprint density at radius 3 is 2.94 bits per heavy atom. The van der Waals surface area contributed by atoms with E-state index in [0.717, 1.165) is 25.8 Å². The van der Waals surface area contributed by atoms with E-state index in [9.17, 15) is 9.59 Å². The lowest BCUT2D eigenvalue weighted by Gasteiger charge is -2.27. The number of esters is 1. The van der Waals surface area contributed by atoms with E-state index in [2.05, 4.69) is 5.32 Å². The van der Waals surface area contributed by atoms with Gasteiger partial charge in [-0.25, -0.2) is 0 Å². The molecule has 0 aromatic rings. The summed E-state index contributed by atoms with van der Waals surface area (Å²) in [6.07, 6.45) is 3.03. The molecular formula is C11H18N2O3. The first-order valence-electron chi connectivity index (χ1n) is 5.81. The van der Waals surface area contributed by atoms with Gasteiger partial charge in [-0.05, 0) is 25.2 Å². The van der Waals surface area contributed by atoms with Crippen LogP contribution in [0.4, 0.5) is 0 Å². The molecule has 2 rings (SSSR count). The highest BCUT2D eigenvalue weighted by Crippen LogP contribution is 2.36. The zero-order valence-electron chi connectivity index (χ0n) is 9.57. The molecule has 1 aliphatic carbocycles. The molecule has 1 unspecified atom stereocenters. The van der Waals surface area contributed by atoms with Gasteiger partial charge in [0.25, 0.3) is 0 Å². The first-order valence-corrected chi connectivity index (χ1v) is 5.81. The molecule has 2 aliphatic rings. The van der Waals surface area contributed by atoms with Gasteiger partial charge in [0.15, 0.2) is 0 Å². The van der Waals surface area contributed by atoms with Crippen LogP contribution in [0.3, 0.4) is 0 Å². The fraction of sp³-hybridized carbons (Fsp3) is 0.818. The Bertz CT molecular complexity index is 289. The molecule has 1 heterocycles. The lowest BCUT2D eigenvalue weighted by molar-refractivity contribution is -0.148. The van der Waals surface area contributed by atoms with Gasteiger partial charge in [0, 0.05) is 13.1 Å². The molecule has 0 aromatic carbocycles. The zero-order valence-corrected chi connectivity index (χ0v) is 9.57. The lowest BCUT2D eigenvalue weighted by atomic mass is 10.1. The number of hydrogen-bond donors (Lipinski definition) is 1. The van der Waals surface area contributed by atoms with Crippen LogP contribution in [0.5, 0.6) is 0 Å². The summed E-state index contributed by atoms with van der Waals surface area (Å²) >= 11 is 0. The number of ether oxygens (including phenoxy) is 1. The molecule has 0 bridgehead atoms. The first kappa shape index (κ1) is 11.4. The van der Waals surface area contributed by atoms with Gasteiger partial charge in [0.1, 0.15) is 6.04 Å². The van der Waals surface area contributed by atoms with Gasteiger partial charge >= 0.3 is 5.97 Å². The van der Waals surface area contributed by atoms with Crippen LogP contribution >= 0.6 is 0 Å². The van der Waals surface area contributed by atoms with E-state index in [4.69, 9.17) is 4.74 Å². The van der Waals surface area contributed by atoms with E-state index in [1.54, 1.807) is 0 Å². The first-order chi connectivity index (χ1) is 7.72. The minimum absolute atomic E-state index is 0.00653. The van der Waals surface area contributed by atoms with Gasteiger partial charge in [0.05, 0.1) is 13.7 Å². The van der Waals surface area contributed by atoms with E-state index < -0.39 is 0 Å². The minimum atomic E-state index is -0.214. The maximum absolute atomic E-state index is 11.7. The molecule has 1 saturated heterocycles. The molecular weight excluding hydrogens is 208 g/mol. The lowest BCUT2D eigenvalue weighted by Crippen LogP contribution is -2.46. The van der Waals surface area contributed by atoms with Crippen molar-refractivity contribution in [2.45, 2.75) is 25.3 Å². The van der Waals surface area contributed by atoms with Crippen molar-refractivity contribution >= 4 is 11.9 Å². The second-order valence-electron chi connectivity index (χ2n) is 4.48. The Balaban J connectivity index is 2.05. The molecule has 90 valence electrons. The molecule has 0 aromatic heterocycles. The largest absolute Gasteiger partial charge is 0.468 e. The summed E-state index contributed by atoms with van der Waals surface area (Å²) in [5.41, 5.74) is 0. The Hall–Kier alpha value is -1.10. The third kappa shape index (κ3) is 2.52. The third-order valence-corrected chi connectivity index (χ3v) is 3.20. The maximum atomic E-state index is 11.7. The highest BCUT2D eigenvalue weighted by molar-refractivity contribution is 5.81. The summed E-state index contributed by atoms with van der Waals surface area (Å²) in [6.45, 7) is 1.80. The summed E-state index contributed by atoms with van der Waals surface area (Å²) < 4.78 is 4.83. The van der Waals surface area contributed by atoms with Crippen molar-refractivity contribution in [2.24, 2.45) is 5.92 Å². The molecule has 1 amide bonds. The van der Waals surface area contributed by atoms with Crippen molar-refractivity contribution in [1.29, 1.82) is 0 Å². The van der Waals surface area contributed by atoms with Gasteiger partial charge in [-0.1, -0.05) is 0 Å². The molecule has 1 N–H and O–H groups in total. The molecule has 2 fully saturated rings. The molecule has 0 spiro atoms. The van der Waals surface area contributed by atoms with Crippen molar-refractivity contribution in [3.05, 3.63) is 0 Å². The molecule has 16 heavy (non-hydrogen) atoms. The Morgan fingerprint density at radius 1 is 1.56 bits per heavy atom. The van der Waals surface area contributed by atoms with Gasteiger partial charge in [-0.2, -0.15) is 0 Å². The van der Waals surface area contributed by atoms with Crippen LogP contribution in [0.15, 0.2) is 0 Å². The third-order valence-electron chi connectivity index (χ3n) is 3.20. The van der Waals surface area contributed by atoms with Gasteiger partial charge < -0.3 is 10.1 Å². The molecule has 0 radical (unpaired) electrons. The van der Waals surface area contributed by atoms with E-state index in [-0.39, 0.29) is 17.9 Å².